The molecule has 0 fully saturated rings. The van der Waals surface area contributed by atoms with Crippen molar-refractivity contribution < 1.29 is 9.53 Å². The van der Waals surface area contributed by atoms with Crippen LogP contribution in [0.3, 0.4) is 0 Å². The van der Waals surface area contributed by atoms with E-state index >= 15 is 0 Å². The Labute approximate surface area is 114 Å². The van der Waals surface area contributed by atoms with E-state index in [-0.39, 0.29) is 6.61 Å². The van der Waals surface area contributed by atoms with Gasteiger partial charge in [0.05, 0.1) is 5.69 Å². The van der Waals surface area contributed by atoms with Gasteiger partial charge >= 0.3 is 5.97 Å². The van der Waals surface area contributed by atoms with Gasteiger partial charge in [-0.1, -0.05) is 0 Å². The lowest BCUT2D eigenvalue weighted by Gasteiger charge is -2.14. The van der Waals surface area contributed by atoms with Gasteiger partial charge < -0.3 is 15.0 Å². The standard InChI is InChI=1S/C12H14N4O2S/c13-8-4-6-19-11(8)12(17)18-7-10-15-14-9-3-1-2-5-16(9)10/h4,6H,1-3,5,7,13H2. The number of aromatic nitrogens is 3. The highest BCUT2D eigenvalue weighted by molar-refractivity contribution is 7.12. The lowest BCUT2D eigenvalue weighted by Crippen LogP contribution is -2.15. The van der Waals surface area contributed by atoms with Crippen molar-refractivity contribution in [2.45, 2.75) is 32.4 Å². The normalized spacial score (nSPS) is 14.1. The van der Waals surface area contributed by atoms with Crippen LogP contribution in [0.4, 0.5) is 5.69 Å². The average molecular weight is 278 g/mol. The summed E-state index contributed by atoms with van der Waals surface area (Å²) in [5, 5.41) is 9.96. The van der Waals surface area contributed by atoms with Crippen molar-refractivity contribution in [1.82, 2.24) is 14.8 Å². The molecule has 0 amide bonds. The molecule has 2 N–H and O–H groups in total. The molecule has 0 spiro atoms. The van der Waals surface area contributed by atoms with E-state index in [0.717, 1.165) is 31.6 Å². The number of carbonyl (C=O) groups is 1. The lowest BCUT2D eigenvalue weighted by atomic mass is 10.2. The molecular weight excluding hydrogens is 264 g/mol. The van der Waals surface area contributed by atoms with Gasteiger partial charge in [0.2, 0.25) is 0 Å². The van der Waals surface area contributed by atoms with Crippen molar-refractivity contribution in [2.75, 3.05) is 5.73 Å². The first-order chi connectivity index (χ1) is 9.25. The van der Waals surface area contributed by atoms with Gasteiger partial charge in [0.1, 0.15) is 10.7 Å². The molecule has 0 atom stereocenters. The highest BCUT2D eigenvalue weighted by Crippen LogP contribution is 2.20. The molecule has 0 saturated carbocycles. The lowest BCUT2D eigenvalue weighted by molar-refractivity contribution is 0.0464. The number of hydrogen-bond donors (Lipinski definition) is 1. The molecule has 0 aliphatic carbocycles. The molecule has 2 aromatic rings. The van der Waals surface area contributed by atoms with Crippen molar-refractivity contribution in [2.24, 2.45) is 0 Å². The molecule has 3 heterocycles. The zero-order valence-electron chi connectivity index (χ0n) is 10.3. The van der Waals surface area contributed by atoms with Crippen LogP contribution in [0.15, 0.2) is 11.4 Å². The van der Waals surface area contributed by atoms with Crippen molar-refractivity contribution in [3.8, 4) is 0 Å². The number of carbonyl (C=O) groups excluding carboxylic acids is 1. The molecule has 1 aliphatic rings. The third-order valence-corrected chi connectivity index (χ3v) is 4.06. The van der Waals surface area contributed by atoms with Crippen LogP contribution >= 0.6 is 11.3 Å². The number of esters is 1. The predicted molar refractivity (Wildman–Crippen MR) is 70.8 cm³/mol. The van der Waals surface area contributed by atoms with Crippen molar-refractivity contribution >= 4 is 23.0 Å². The van der Waals surface area contributed by atoms with Gasteiger partial charge in [0, 0.05) is 13.0 Å². The number of hydrogen-bond acceptors (Lipinski definition) is 6. The maximum Gasteiger partial charge on any atom is 0.350 e. The SMILES string of the molecule is Nc1ccsc1C(=O)OCc1nnc2n1CCCC2. The molecule has 7 heteroatoms. The minimum Gasteiger partial charge on any atom is -0.453 e. The summed E-state index contributed by atoms with van der Waals surface area (Å²) in [6, 6.07) is 1.69. The Bertz CT molecular complexity index is 605. The molecule has 3 rings (SSSR count). The highest BCUT2D eigenvalue weighted by atomic mass is 32.1. The molecule has 19 heavy (non-hydrogen) atoms. The summed E-state index contributed by atoms with van der Waals surface area (Å²) in [5.74, 6) is 1.28. The summed E-state index contributed by atoms with van der Waals surface area (Å²) < 4.78 is 7.28. The Morgan fingerprint density at radius 1 is 1.47 bits per heavy atom. The first-order valence-corrected chi connectivity index (χ1v) is 7.04. The molecule has 1 aliphatic heterocycles. The zero-order valence-corrected chi connectivity index (χ0v) is 11.2. The molecule has 100 valence electrons. The Morgan fingerprint density at radius 3 is 3.16 bits per heavy atom. The monoisotopic (exact) mass is 278 g/mol. The number of aryl methyl sites for hydroxylation is 1. The molecule has 0 radical (unpaired) electrons. The summed E-state index contributed by atoms with van der Waals surface area (Å²) >= 11 is 1.28. The number of rotatable bonds is 3. The van der Waals surface area contributed by atoms with Gasteiger partial charge in [-0.3, -0.25) is 0 Å². The smallest absolute Gasteiger partial charge is 0.350 e. The van der Waals surface area contributed by atoms with Gasteiger partial charge in [0.15, 0.2) is 12.4 Å². The summed E-state index contributed by atoms with van der Waals surface area (Å²) in [6.07, 6.45) is 3.20. The van der Waals surface area contributed by atoms with E-state index in [1.807, 2.05) is 4.57 Å². The fourth-order valence-corrected chi connectivity index (χ4v) is 2.87. The minimum absolute atomic E-state index is 0.142. The Hall–Kier alpha value is -1.89. The molecule has 0 unspecified atom stereocenters. The summed E-state index contributed by atoms with van der Waals surface area (Å²) in [4.78, 5) is 12.3. The molecule has 0 saturated heterocycles. The van der Waals surface area contributed by atoms with Gasteiger partial charge in [-0.25, -0.2) is 4.79 Å². The fourth-order valence-electron chi connectivity index (χ4n) is 2.16. The Morgan fingerprint density at radius 2 is 2.37 bits per heavy atom. The molecule has 0 aromatic carbocycles. The maximum atomic E-state index is 11.8. The van der Waals surface area contributed by atoms with E-state index in [0.29, 0.717) is 16.4 Å². The van der Waals surface area contributed by atoms with Crippen molar-refractivity contribution in [3.05, 3.63) is 28.0 Å². The Balaban J connectivity index is 1.68. The second kappa shape index (κ2) is 5.00. The predicted octanol–water partition coefficient (Wildman–Crippen LogP) is 1.62. The average Bonchev–Trinajstić information content (AvgIpc) is 3.02. The number of nitrogens with two attached hydrogens (primary N) is 1. The molecular formula is C12H14N4O2S. The first kappa shape index (κ1) is 12.2. The number of thiophene rings is 1. The molecule has 0 bridgehead atoms. The number of ether oxygens (including phenoxy) is 1. The molecule has 6 nitrogen and oxygen atoms in total. The van der Waals surface area contributed by atoms with Crippen LogP contribution in [-0.4, -0.2) is 20.7 Å². The van der Waals surface area contributed by atoms with Crippen LogP contribution in [-0.2, 0) is 24.3 Å². The number of anilines is 1. The van der Waals surface area contributed by atoms with Crippen LogP contribution in [0.5, 0.6) is 0 Å². The van der Waals surface area contributed by atoms with E-state index in [4.69, 9.17) is 10.5 Å². The van der Waals surface area contributed by atoms with E-state index < -0.39 is 5.97 Å². The van der Waals surface area contributed by atoms with Gasteiger partial charge in [-0.2, -0.15) is 0 Å². The van der Waals surface area contributed by atoms with Crippen molar-refractivity contribution in [3.63, 3.8) is 0 Å². The van der Waals surface area contributed by atoms with E-state index in [1.54, 1.807) is 11.4 Å². The van der Waals surface area contributed by atoms with E-state index in [2.05, 4.69) is 10.2 Å². The van der Waals surface area contributed by atoms with E-state index in [1.165, 1.54) is 11.3 Å². The van der Waals surface area contributed by atoms with Gasteiger partial charge in [-0.15, -0.1) is 21.5 Å². The van der Waals surface area contributed by atoms with E-state index in [9.17, 15) is 4.79 Å². The minimum atomic E-state index is -0.402. The maximum absolute atomic E-state index is 11.8. The second-order valence-corrected chi connectivity index (χ2v) is 5.34. The fraction of sp³-hybridized carbons (Fsp3) is 0.417. The highest BCUT2D eigenvalue weighted by Gasteiger charge is 2.18. The largest absolute Gasteiger partial charge is 0.453 e. The van der Waals surface area contributed by atoms with Crippen LogP contribution in [0.2, 0.25) is 0 Å². The summed E-state index contributed by atoms with van der Waals surface area (Å²) in [6.45, 7) is 1.04. The first-order valence-electron chi connectivity index (χ1n) is 6.17. The summed E-state index contributed by atoms with van der Waals surface area (Å²) in [5.41, 5.74) is 6.13. The van der Waals surface area contributed by atoms with Crippen LogP contribution in [0, 0.1) is 0 Å². The second-order valence-electron chi connectivity index (χ2n) is 4.42. The van der Waals surface area contributed by atoms with Gasteiger partial charge in [0.25, 0.3) is 0 Å². The number of fused-ring (bicyclic) bond motifs is 1. The van der Waals surface area contributed by atoms with Crippen LogP contribution < -0.4 is 5.73 Å². The van der Waals surface area contributed by atoms with Crippen molar-refractivity contribution in [1.29, 1.82) is 0 Å². The Kier molecular flexibility index (Phi) is 3.20. The van der Waals surface area contributed by atoms with Crippen LogP contribution in [0.1, 0.15) is 34.2 Å². The number of nitrogens with zero attached hydrogens (tertiary/aromatic N) is 3. The third-order valence-electron chi connectivity index (χ3n) is 3.15. The summed E-state index contributed by atoms with van der Waals surface area (Å²) in [7, 11) is 0. The van der Waals surface area contributed by atoms with Crippen LogP contribution in [0.25, 0.3) is 0 Å². The van der Waals surface area contributed by atoms with Gasteiger partial charge in [-0.05, 0) is 24.3 Å². The molecule has 2 aromatic heterocycles. The zero-order chi connectivity index (χ0) is 13.2. The number of nitrogen functional groups attached to an aromatic ring is 1. The topological polar surface area (TPSA) is 83.0 Å². The quantitative estimate of drug-likeness (QED) is 0.862. The third kappa shape index (κ3) is 2.33.